The molecule has 0 amide bonds. The minimum absolute atomic E-state index is 0.0235. The normalized spacial score (nSPS) is 11.7. The number of aromatic nitrogens is 2. The minimum atomic E-state index is -4.10. The number of sulfonamides is 1. The molecule has 9 heteroatoms. The van der Waals surface area contributed by atoms with Gasteiger partial charge in [0.25, 0.3) is 0 Å². The summed E-state index contributed by atoms with van der Waals surface area (Å²) in [6, 6.07) is 3.09. The van der Waals surface area contributed by atoms with Crippen LogP contribution in [0.5, 0.6) is 5.75 Å². The maximum atomic E-state index is 13.2. The van der Waals surface area contributed by atoms with Crippen LogP contribution in [-0.4, -0.2) is 18.2 Å². The number of benzene rings is 1. The van der Waals surface area contributed by atoms with Crippen molar-refractivity contribution >= 4 is 21.6 Å². The van der Waals surface area contributed by atoms with Crippen LogP contribution in [0.2, 0.25) is 5.02 Å². The fraction of sp³-hybridized carbons (Fsp3) is 0.250. The summed E-state index contributed by atoms with van der Waals surface area (Å²) in [4.78, 5) is -0.419. The van der Waals surface area contributed by atoms with E-state index in [2.05, 4.69) is 5.10 Å². The van der Waals surface area contributed by atoms with Crippen LogP contribution < -0.4 is 9.88 Å². The molecule has 0 aliphatic carbocycles. The van der Waals surface area contributed by atoms with E-state index in [1.807, 2.05) is 0 Å². The van der Waals surface area contributed by atoms with E-state index in [4.69, 9.17) is 21.5 Å². The highest BCUT2D eigenvalue weighted by Crippen LogP contribution is 2.26. The molecule has 2 aromatic rings. The first kappa shape index (κ1) is 15.7. The summed E-state index contributed by atoms with van der Waals surface area (Å²) >= 11 is 6.07. The highest BCUT2D eigenvalue weighted by molar-refractivity contribution is 7.89. The van der Waals surface area contributed by atoms with E-state index in [9.17, 15) is 12.8 Å². The van der Waals surface area contributed by atoms with Gasteiger partial charge in [-0.25, -0.2) is 17.9 Å². The standard InChI is InChI=1S/C12H13ClFN3O3S/c1-7-12(13)9(17(2)16-7)6-20-10-4-3-8(14)5-11(10)21(15,18)19/h3-5H,6H2,1-2H3,(H2,15,18,19). The molecular weight excluding hydrogens is 321 g/mol. The number of ether oxygens (including phenoxy) is 1. The Labute approximate surface area is 126 Å². The smallest absolute Gasteiger partial charge is 0.241 e. The fourth-order valence-electron chi connectivity index (χ4n) is 1.81. The van der Waals surface area contributed by atoms with E-state index < -0.39 is 20.7 Å². The average molecular weight is 334 g/mol. The van der Waals surface area contributed by atoms with Gasteiger partial charge in [0.2, 0.25) is 10.0 Å². The van der Waals surface area contributed by atoms with Crippen LogP contribution in [0.15, 0.2) is 23.1 Å². The highest BCUT2D eigenvalue weighted by atomic mass is 35.5. The molecule has 0 saturated carbocycles. The quantitative estimate of drug-likeness (QED) is 0.923. The van der Waals surface area contributed by atoms with E-state index in [-0.39, 0.29) is 12.4 Å². The van der Waals surface area contributed by atoms with Gasteiger partial charge in [-0.2, -0.15) is 5.10 Å². The van der Waals surface area contributed by atoms with E-state index in [1.54, 1.807) is 14.0 Å². The number of rotatable bonds is 4. The molecule has 0 saturated heterocycles. The first-order valence-electron chi connectivity index (χ1n) is 5.83. The molecule has 2 rings (SSSR count). The molecule has 0 unspecified atom stereocenters. The third-order valence-corrected chi connectivity index (χ3v) is 4.26. The third kappa shape index (κ3) is 3.34. The summed E-state index contributed by atoms with van der Waals surface area (Å²) in [5, 5.41) is 9.58. The summed E-state index contributed by atoms with van der Waals surface area (Å²) in [5.41, 5.74) is 1.20. The second-order valence-corrected chi connectivity index (χ2v) is 6.30. The van der Waals surface area contributed by atoms with Gasteiger partial charge in [-0.05, 0) is 25.1 Å². The van der Waals surface area contributed by atoms with Gasteiger partial charge in [-0.1, -0.05) is 11.6 Å². The zero-order valence-corrected chi connectivity index (χ0v) is 12.9. The Morgan fingerprint density at radius 2 is 2.14 bits per heavy atom. The molecule has 1 heterocycles. The Hall–Kier alpha value is -1.64. The molecule has 2 N–H and O–H groups in total. The molecule has 21 heavy (non-hydrogen) atoms. The van der Waals surface area contributed by atoms with Crippen LogP contribution in [0.1, 0.15) is 11.4 Å². The molecule has 0 fully saturated rings. The van der Waals surface area contributed by atoms with Gasteiger partial charge in [0.15, 0.2) is 0 Å². The molecule has 0 aliphatic rings. The number of aryl methyl sites for hydroxylation is 2. The Morgan fingerprint density at radius 3 is 2.67 bits per heavy atom. The van der Waals surface area contributed by atoms with Crippen molar-refractivity contribution in [3.05, 3.63) is 40.4 Å². The zero-order valence-electron chi connectivity index (χ0n) is 11.3. The number of hydrogen-bond donors (Lipinski definition) is 1. The predicted molar refractivity (Wildman–Crippen MR) is 75.1 cm³/mol. The Bertz CT molecular complexity index is 789. The van der Waals surface area contributed by atoms with Gasteiger partial charge in [-0.3, -0.25) is 4.68 Å². The zero-order chi connectivity index (χ0) is 15.8. The molecule has 0 spiro atoms. The molecule has 1 aromatic carbocycles. The van der Waals surface area contributed by atoms with Crippen molar-refractivity contribution in [1.82, 2.24) is 9.78 Å². The van der Waals surface area contributed by atoms with Crippen molar-refractivity contribution in [3.8, 4) is 5.75 Å². The Morgan fingerprint density at radius 1 is 1.48 bits per heavy atom. The molecule has 1 aromatic heterocycles. The maximum Gasteiger partial charge on any atom is 0.241 e. The van der Waals surface area contributed by atoms with E-state index in [1.165, 1.54) is 10.7 Å². The van der Waals surface area contributed by atoms with Crippen molar-refractivity contribution < 1.29 is 17.5 Å². The lowest BCUT2D eigenvalue weighted by Gasteiger charge is -2.10. The number of primary sulfonamides is 1. The number of hydrogen-bond acceptors (Lipinski definition) is 4. The Kier molecular flexibility index (Phi) is 4.22. The molecule has 0 atom stereocenters. The van der Waals surface area contributed by atoms with Crippen LogP contribution in [0.3, 0.4) is 0 Å². The summed E-state index contributed by atoms with van der Waals surface area (Å²) in [6.45, 7) is 1.71. The molecule has 0 bridgehead atoms. The van der Waals surface area contributed by atoms with Crippen LogP contribution in [0.4, 0.5) is 4.39 Å². The molecule has 114 valence electrons. The summed E-state index contributed by atoms with van der Waals surface area (Å²) < 4.78 is 43.0. The van der Waals surface area contributed by atoms with Crippen LogP contribution in [0.25, 0.3) is 0 Å². The predicted octanol–water partition coefficient (Wildman–Crippen LogP) is 1.75. The monoisotopic (exact) mass is 333 g/mol. The van der Waals surface area contributed by atoms with Gasteiger partial charge in [0, 0.05) is 7.05 Å². The summed E-state index contributed by atoms with van der Waals surface area (Å²) in [5.74, 6) is -0.769. The molecule has 6 nitrogen and oxygen atoms in total. The topological polar surface area (TPSA) is 87.2 Å². The summed E-state index contributed by atoms with van der Waals surface area (Å²) in [7, 11) is -2.41. The first-order chi connectivity index (χ1) is 9.70. The van der Waals surface area contributed by atoms with Gasteiger partial charge in [-0.15, -0.1) is 0 Å². The largest absolute Gasteiger partial charge is 0.486 e. The lowest BCUT2D eigenvalue weighted by atomic mass is 10.3. The highest BCUT2D eigenvalue weighted by Gasteiger charge is 2.18. The van der Waals surface area contributed by atoms with E-state index >= 15 is 0 Å². The SMILES string of the molecule is Cc1nn(C)c(COc2ccc(F)cc2S(N)(=O)=O)c1Cl. The van der Waals surface area contributed by atoms with Gasteiger partial charge in [0.1, 0.15) is 23.1 Å². The first-order valence-corrected chi connectivity index (χ1v) is 7.75. The third-order valence-electron chi connectivity index (χ3n) is 2.84. The number of halogens is 2. The second kappa shape index (κ2) is 5.63. The van der Waals surface area contributed by atoms with Gasteiger partial charge < -0.3 is 4.74 Å². The average Bonchev–Trinajstić information content (AvgIpc) is 2.61. The van der Waals surface area contributed by atoms with Crippen molar-refractivity contribution in [1.29, 1.82) is 0 Å². The van der Waals surface area contributed by atoms with E-state index in [0.717, 1.165) is 12.1 Å². The number of nitrogens with two attached hydrogens (primary N) is 1. The maximum absolute atomic E-state index is 13.2. The molecule has 0 radical (unpaired) electrons. The lowest BCUT2D eigenvalue weighted by Crippen LogP contribution is -2.14. The lowest BCUT2D eigenvalue weighted by molar-refractivity contribution is 0.286. The van der Waals surface area contributed by atoms with Gasteiger partial charge in [0.05, 0.1) is 16.4 Å². The van der Waals surface area contributed by atoms with Crippen LogP contribution in [-0.2, 0) is 23.7 Å². The van der Waals surface area contributed by atoms with Crippen LogP contribution >= 0.6 is 11.6 Å². The van der Waals surface area contributed by atoms with Crippen molar-refractivity contribution in [3.63, 3.8) is 0 Å². The molecular formula is C12H13ClFN3O3S. The van der Waals surface area contributed by atoms with Crippen LogP contribution in [0, 0.1) is 12.7 Å². The molecule has 0 aliphatic heterocycles. The van der Waals surface area contributed by atoms with Crippen molar-refractivity contribution in [2.75, 3.05) is 0 Å². The minimum Gasteiger partial charge on any atom is -0.486 e. The number of nitrogens with zero attached hydrogens (tertiary/aromatic N) is 2. The van der Waals surface area contributed by atoms with Gasteiger partial charge >= 0.3 is 0 Å². The second-order valence-electron chi connectivity index (χ2n) is 4.39. The van der Waals surface area contributed by atoms with Crippen molar-refractivity contribution in [2.24, 2.45) is 12.2 Å². The van der Waals surface area contributed by atoms with Crippen molar-refractivity contribution in [2.45, 2.75) is 18.4 Å². The Balaban J connectivity index is 2.33. The van der Waals surface area contributed by atoms with E-state index in [0.29, 0.717) is 16.4 Å². The summed E-state index contributed by atoms with van der Waals surface area (Å²) in [6.07, 6.45) is 0. The fourth-order valence-corrected chi connectivity index (χ4v) is 2.71.